The summed E-state index contributed by atoms with van der Waals surface area (Å²) in [6.45, 7) is 8.77. The van der Waals surface area contributed by atoms with Crippen molar-refractivity contribution in [3.63, 3.8) is 0 Å². The van der Waals surface area contributed by atoms with Gasteiger partial charge in [0.05, 0.1) is 21.4 Å². The van der Waals surface area contributed by atoms with Crippen molar-refractivity contribution in [2.75, 3.05) is 31.6 Å². The molecule has 2 N–H and O–H groups in total. The van der Waals surface area contributed by atoms with Gasteiger partial charge in [-0.3, -0.25) is 4.79 Å². The van der Waals surface area contributed by atoms with Gasteiger partial charge in [0.2, 0.25) is 24.5 Å². The van der Waals surface area contributed by atoms with Crippen LogP contribution in [0.1, 0.15) is 16.1 Å². The molecule has 32 heavy (non-hydrogen) atoms. The Hall–Kier alpha value is -3.53. The summed E-state index contributed by atoms with van der Waals surface area (Å²) in [5, 5.41) is 6.87. The van der Waals surface area contributed by atoms with Gasteiger partial charge in [-0.2, -0.15) is 9.97 Å². The minimum Gasteiger partial charge on any atom is -0.479 e. The number of hydrogen-bond donors (Lipinski definition) is 2. The summed E-state index contributed by atoms with van der Waals surface area (Å²) >= 11 is 0. The molecule has 0 spiro atoms. The molecule has 10 heteroatoms. The fourth-order valence-corrected chi connectivity index (χ4v) is 4.13. The molecule has 0 saturated heterocycles. The van der Waals surface area contributed by atoms with E-state index >= 15 is 0 Å². The molecule has 0 atom stereocenters. The van der Waals surface area contributed by atoms with Gasteiger partial charge in [-0.25, -0.2) is 0 Å². The third-order valence-electron chi connectivity index (χ3n) is 4.69. The molecular weight excluding hydrogens is 428 g/mol. The third kappa shape index (κ3) is 5.38. The molecule has 9 nitrogen and oxygen atoms in total. The molecule has 0 radical (unpaired) electrons. The summed E-state index contributed by atoms with van der Waals surface area (Å²) in [5.41, 5.74) is 1.19. The quantitative estimate of drug-likeness (QED) is 0.371. The predicted molar refractivity (Wildman–Crippen MR) is 125 cm³/mol. The van der Waals surface area contributed by atoms with E-state index < -0.39 is 14.0 Å². The Balaban J connectivity index is 1.80. The van der Waals surface area contributed by atoms with Gasteiger partial charge in [-0.1, -0.05) is 37.0 Å². The molecule has 0 aliphatic rings. The minimum atomic E-state index is -1.41. The lowest BCUT2D eigenvalue weighted by Gasteiger charge is -2.19. The molecule has 2 heterocycles. The average Bonchev–Trinajstić information content (AvgIpc) is 3.30. The summed E-state index contributed by atoms with van der Waals surface area (Å²) < 4.78 is 22.1. The lowest BCUT2D eigenvalue weighted by atomic mass is 10.2. The van der Waals surface area contributed by atoms with E-state index in [-0.39, 0.29) is 35.9 Å². The summed E-state index contributed by atoms with van der Waals surface area (Å²) in [6.07, 6.45) is 1.41. The normalized spacial score (nSPS) is 11.1. The van der Waals surface area contributed by atoms with E-state index in [2.05, 4.69) is 52.4 Å². The molecule has 0 bridgehead atoms. The highest BCUT2D eigenvalue weighted by Gasteiger charge is 2.21. The zero-order valence-corrected chi connectivity index (χ0v) is 20.1. The Bertz CT molecular complexity index is 1080. The first-order chi connectivity index (χ1) is 15.2. The Labute approximate surface area is 188 Å². The molecule has 3 aromatic rings. The zero-order valence-electron chi connectivity index (χ0n) is 19.1. The molecule has 0 aliphatic heterocycles. The number of nitrogens with zero attached hydrogens (tertiary/aromatic N) is 2. The Morgan fingerprint density at radius 3 is 2.47 bits per heavy atom. The molecule has 0 aliphatic carbocycles. The van der Waals surface area contributed by atoms with Crippen LogP contribution < -0.4 is 30.0 Å². The highest BCUT2D eigenvalue weighted by Crippen LogP contribution is 2.33. The monoisotopic (exact) mass is 456 g/mol. The van der Waals surface area contributed by atoms with Crippen molar-refractivity contribution >= 4 is 30.8 Å². The number of carbonyl (C=O) groups excluding carboxylic acids is 1. The Morgan fingerprint density at radius 2 is 1.88 bits per heavy atom. The van der Waals surface area contributed by atoms with Crippen molar-refractivity contribution in [2.24, 2.45) is 0 Å². The Kier molecular flexibility index (Phi) is 7.04. The lowest BCUT2D eigenvalue weighted by Crippen LogP contribution is -2.37. The predicted octanol–water partition coefficient (Wildman–Crippen LogP) is 3.64. The SMILES string of the molecule is CNc1nc(OC)c(NC(=O)c2ccco2)c(OCOc2ccc([Si](C)(C)C)cc2C)n1. The van der Waals surface area contributed by atoms with E-state index in [1.165, 1.54) is 18.6 Å². The van der Waals surface area contributed by atoms with Crippen LogP contribution in [0, 0.1) is 6.92 Å². The second-order valence-electron chi connectivity index (χ2n) is 8.05. The van der Waals surface area contributed by atoms with Crippen molar-refractivity contribution in [1.29, 1.82) is 0 Å². The molecular formula is C22H28N4O5Si. The summed E-state index contributed by atoms with van der Waals surface area (Å²) in [6, 6.07) is 9.36. The highest BCUT2D eigenvalue weighted by molar-refractivity contribution is 6.88. The number of anilines is 2. The number of aryl methyl sites for hydroxylation is 1. The van der Waals surface area contributed by atoms with Crippen molar-refractivity contribution in [1.82, 2.24) is 9.97 Å². The van der Waals surface area contributed by atoms with Gasteiger partial charge in [-0.05, 0) is 30.7 Å². The molecule has 0 saturated carbocycles. The van der Waals surface area contributed by atoms with E-state index in [0.717, 1.165) is 5.56 Å². The number of ether oxygens (including phenoxy) is 3. The largest absolute Gasteiger partial charge is 0.479 e. The number of furan rings is 1. The fraction of sp³-hybridized carbons (Fsp3) is 0.318. The topological polar surface area (TPSA) is 108 Å². The van der Waals surface area contributed by atoms with Crippen LogP contribution in [0.15, 0.2) is 41.0 Å². The van der Waals surface area contributed by atoms with Crippen LogP contribution in [0.3, 0.4) is 0 Å². The lowest BCUT2D eigenvalue weighted by molar-refractivity contribution is 0.0989. The van der Waals surface area contributed by atoms with Gasteiger partial charge in [0.15, 0.2) is 11.4 Å². The van der Waals surface area contributed by atoms with E-state index in [4.69, 9.17) is 18.6 Å². The maximum absolute atomic E-state index is 12.5. The molecule has 0 fully saturated rings. The first-order valence-electron chi connectivity index (χ1n) is 10.1. The van der Waals surface area contributed by atoms with Gasteiger partial charge >= 0.3 is 0 Å². The van der Waals surface area contributed by atoms with Crippen molar-refractivity contribution in [2.45, 2.75) is 26.6 Å². The molecule has 1 amide bonds. The van der Waals surface area contributed by atoms with Gasteiger partial charge in [0.1, 0.15) is 5.75 Å². The number of amides is 1. The fourth-order valence-electron chi connectivity index (χ4n) is 2.90. The van der Waals surface area contributed by atoms with Crippen LogP contribution >= 0.6 is 0 Å². The minimum absolute atomic E-state index is 0.0949. The molecule has 1 aromatic carbocycles. The number of benzene rings is 1. The van der Waals surface area contributed by atoms with Crippen LogP contribution in [0.2, 0.25) is 19.6 Å². The summed E-state index contributed by atoms with van der Waals surface area (Å²) in [4.78, 5) is 21.0. The summed E-state index contributed by atoms with van der Waals surface area (Å²) in [7, 11) is 1.69. The van der Waals surface area contributed by atoms with Gasteiger partial charge < -0.3 is 29.3 Å². The second-order valence-corrected chi connectivity index (χ2v) is 13.1. The number of carbonyl (C=O) groups is 1. The van der Waals surface area contributed by atoms with E-state index in [1.54, 1.807) is 19.2 Å². The maximum Gasteiger partial charge on any atom is 0.291 e. The van der Waals surface area contributed by atoms with E-state index in [1.807, 2.05) is 13.0 Å². The molecule has 0 unspecified atom stereocenters. The number of hydrogen-bond acceptors (Lipinski definition) is 8. The smallest absolute Gasteiger partial charge is 0.291 e. The van der Waals surface area contributed by atoms with Crippen LogP contribution in [0.5, 0.6) is 17.5 Å². The Morgan fingerprint density at radius 1 is 1.12 bits per heavy atom. The number of aromatic nitrogens is 2. The van der Waals surface area contributed by atoms with Crippen molar-refractivity contribution in [3.8, 4) is 17.5 Å². The molecule has 3 rings (SSSR count). The van der Waals surface area contributed by atoms with Crippen molar-refractivity contribution < 1.29 is 23.4 Å². The van der Waals surface area contributed by atoms with Crippen LogP contribution in [0.4, 0.5) is 11.6 Å². The van der Waals surface area contributed by atoms with Gasteiger partial charge in [0, 0.05) is 7.05 Å². The first kappa shape index (κ1) is 23.1. The first-order valence-corrected chi connectivity index (χ1v) is 13.6. The summed E-state index contributed by atoms with van der Waals surface area (Å²) in [5.74, 6) is 0.849. The van der Waals surface area contributed by atoms with E-state index in [0.29, 0.717) is 5.75 Å². The number of rotatable bonds is 9. The average molecular weight is 457 g/mol. The zero-order chi connectivity index (χ0) is 23.3. The standard InChI is InChI=1S/C22H28N4O5Si/c1-14-12-15(32(4,5)6)9-10-16(14)30-13-31-21-18(20(28-3)25-22(23-2)26-21)24-19(27)17-8-7-11-29-17/h7-12H,13H2,1-6H3,(H,24,27)(H,23,25,26). The highest BCUT2D eigenvalue weighted by atomic mass is 28.3. The third-order valence-corrected chi connectivity index (χ3v) is 6.74. The van der Waals surface area contributed by atoms with Crippen LogP contribution in [-0.4, -0.2) is 44.9 Å². The maximum atomic E-state index is 12.5. The van der Waals surface area contributed by atoms with Gasteiger partial charge in [0.25, 0.3) is 5.91 Å². The van der Waals surface area contributed by atoms with Crippen LogP contribution in [0.25, 0.3) is 0 Å². The van der Waals surface area contributed by atoms with Gasteiger partial charge in [-0.15, -0.1) is 0 Å². The number of methoxy groups -OCH3 is 1. The number of nitrogens with one attached hydrogen (secondary N) is 2. The molecule has 2 aromatic heterocycles. The van der Waals surface area contributed by atoms with E-state index in [9.17, 15) is 4.79 Å². The van der Waals surface area contributed by atoms with Crippen molar-refractivity contribution in [3.05, 3.63) is 47.9 Å². The second kappa shape index (κ2) is 9.73. The molecule has 170 valence electrons. The van der Waals surface area contributed by atoms with Crippen LogP contribution in [-0.2, 0) is 0 Å².